The molecule has 2 unspecified atom stereocenters. The molecule has 6 atom stereocenters. The Bertz CT molecular complexity index is 1090. The number of hydrogen-bond acceptors (Lipinski definition) is 9. The number of nitrogens with zero attached hydrogens (tertiary/aromatic N) is 3. The van der Waals surface area contributed by atoms with Crippen LogP contribution in [0.3, 0.4) is 0 Å². The van der Waals surface area contributed by atoms with Crippen LogP contribution < -0.4 is 4.90 Å². The molecule has 3 fully saturated rings. The second kappa shape index (κ2) is 9.24. The number of aromatic nitrogens is 2. The number of ether oxygens (including phenoxy) is 2. The SMILES string of the molecule is O=P(O)(O)COC[C@H]1O[C@@H](c2c(Br)sc3c(N4CC5CCCC5C4)nc(Cl)nc23)[C@H](O)[C@@H]1O. The van der Waals surface area contributed by atoms with Gasteiger partial charge in [0.25, 0.3) is 0 Å². The van der Waals surface area contributed by atoms with E-state index in [0.29, 0.717) is 26.7 Å². The molecule has 4 heterocycles. The fourth-order valence-electron chi connectivity index (χ4n) is 5.21. The molecule has 2 saturated heterocycles. The normalized spacial score (nSPS) is 32.2. The third kappa shape index (κ3) is 4.72. The number of halogens is 2. The minimum absolute atomic E-state index is 0.0932. The van der Waals surface area contributed by atoms with Crippen molar-refractivity contribution in [1.82, 2.24) is 9.97 Å². The molecule has 2 aliphatic heterocycles. The van der Waals surface area contributed by atoms with E-state index in [9.17, 15) is 14.8 Å². The predicted octanol–water partition coefficient (Wildman–Crippen LogP) is 2.66. The molecule has 1 saturated carbocycles. The Morgan fingerprint density at radius 3 is 2.58 bits per heavy atom. The van der Waals surface area contributed by atoms with Crippen molar-refractivity contribution in [2.24, 2.45) is 11.8 Å². The minimum Gasteiger partial charge on any atom is -0.387 e. The van der Waals surface area contributed by atoms with E-state index in [1.165, 1.54) is 30.6 Å². The monoisotopic (exact) mass is 583 g/mol. The average molecular weight is 585 g/mol. The minimum atomic E-state index is -4.35. The van der Waals surface area contributed by atoms with Gasteiger partial charge in [-0.15, -0.1) is 11.3 Å². The van der Waals surface area contributed by atoms with Crippen molar-refractivity contribution in [1.29, 1.82) is 0 Å². The van der Waals surface area contributed by atoms with Crippen LogP contribution in [0, 0.1) is 11.8 Å². The van der Waals surface area contributed by atoms with E-state index in [1.807, 2.05) is 0 Å². The van der Waals surface area contributed by atoms with Gasteiger partial charge in [0.05, 0.1) is 20.6 Å². The zero-order valence-corrected chi connectivity index (χ0v) is 21.4. The van der Waals surface area contributed by atoms with Crippen LogP contribution in [-0.2, 0) is 14.0 Å². The third-order valence-electron chi connectivity index (χ3n) is 6.69. The van der Waals surface area contributed by atoms with Crippen LogP contribution in [0.1, 0.15) is 30.9 Å². The Morgan fingerprint density at radius 2 is 1.91 bits per heavy atom. The average Bonchev–Trinajstić information content (AvgIpc) is 3.45. The number of fused-ring (bicyclic) bond motifs is 2. The highest BCUT2D eigenvalue weighted by molar-refractivity contribution is 9.11. The summed E-state index contributed by atoms with van der Waals surface area (Å²) in [5.41, 5.74) is 1.11. The lowest BCUT2D eigenvalue weighted by atomic mass is 10.0. The molecule has 10 nitrogen and oxygen atoms in total. The molecular formula is C19H24BrClN3O7PS. The largest absolute Gasteiger partial charge is 0.387 e. The van der Waals surface area contributed by atoms with Gasteiger partial charge in [-0.05, 0) is 52.2 Å². The van der Waals surface area contributed by atoms with E-state index in [4.69, 9.17) is 30.9 Å². The van der Waals surface area contributed by atoms with Crippen LogP contribution in [0.2, 0.25) is 5.28 Å². The number of rotatable bonds is 6. The summed E-state index contributed by atoms with van der Waals surface area (Å²) in [7, 11) is -4.35. The molecule has 5 rings (SSSR count). The Hall–Kier alpha value is -0.400. The van der Waals surface area contributed by atoms with Gasteiger partial charge < -0.3 is 34.4 Å². The molecule has 0 amide bonds. The molecule has 3 aliphatic rings. The molecule has 2 aromatic rings. The molecule has 14 heteroatoms. The topological polar surface area (TPSA) is 145 Å². The highest BCUT2D eigenvalue weighted by Crippen LogP contribution is 2.48. The highest BCUT2D eigenvalue weighted by Gasteiger charge is 2.46. The summed E-state index contributed by atoms with van der Waals surface area (Å²) in [6.07, 6.45) is -1.54. The smallest absolute Gasteiger partial charge is 0.350 e. The summed E-state index contributed by atoms with van der Waals surface area (Å²) in [6.45, 7) is 1.58. The fraction of sp³-hybridized carbons (Fsp3) is 0.684. The molecule has 0 radical (unpaired) electrons. The Morgan fingerprint density at radius 1 is 1.21 bits per heavy atom. The molecule has 0 aromatic carbocycles. The third-order valence-corrected chi connectivity index (χ3v) is 9.27. The van der Waals surface area contributed by atoms with E-state index in [0.717, 1.165) is 23.6 Å². The fourth-order valence-corrected chi connectivity index (χ4v) is 7.64. The van der Waals surface area contributed by atoms with E-state index >= 15 is 0 Å². The van der Waals surface area contributed by atoms with Crippen molar-refractivity contribution in [3.05, 3.63) is 14.6 Å². The summed E-state index contributed by atoms with van der Waals surface area (Å²) in [5, 5.41) is 21.3. The van der Waals surface area contributed by atoms with Gasteiger partial charge in [-0.25, -0.2) is 4.98 Å². The molecule has 4 N–H and O–H groups in total. The van der Waals surface area contributed by atoms with Crippen molar-refractivity contribution in [3.63, 3.8) is 0 Å². The van der Waals surface area contributed by atoms with Crippen molar-refractivity contribution < 1.29 is 34.0 Å². The number of aliphatic hydroxyl groups excluding tert-OH is 2. The summed E-state index contributed by atoms with van der Waals surface area (Å²) >= 11 is 11.3. The van der Waals surface area contributed by atoms with Gasteiger partial charge in [-0.2, -0.15) is 4.98 Å². The zero-order valence-electron chi connectivity index (χ0n) is 17.4. The lowest BCUT2D eigenvalue weighted by molar-refractivity contribution is -0.0387. The lowest BCUT2D eigenvalue weighted by Gasteiger charge is -2.19. The summed E-state index contributed by atoms with van der Waals surface area (Å²) in [6, 6.07) is 0. The maximum Gasteiger partial charge on any atom is 0.350 e. The first-order valence-corrected chi connectivity index (χ1v) is 14.4. The second-order valence-corrected chi connectivity index (χ2v) is 13.1. The molecule has 1 aliphatic carbocycles. The van der Waals surface area contributed by atoms with E-state index in [1.54, 1.807) is 0 Å². The first-order chi connectivity index (χ1) is 15.6. The molecule has 0 bridgehead atoms. The van der Waals surface area contributed by atoms with Gasteiger partial charge in [0, 0.05) is 18.7 Å². The maximum absolute atomic E-state index is 11.0. The Balaban J connectivity index is 1.43. The molecule has 0 spiro atoms. The Kier molecular flexibility index (Phi) is 6.80. The molecule has 182 valence electrons. The van der Waals surface area contributed by atoms with Crippen molar-refractivity contribution in [3.8, 4) is 0 Å². The van der Waals surface area contributed by atoms with Crippen molar-refractivity contribution >= 4 is 62.5 Å². The summed E-state index contributed by atoms with van der Waals surface area (Å²) < 4.78 is 23.4. The number of hydrogen-bond donors (Lipinski definition) is 4. The van der Waals surface area contributed by atoms with Crippen molar-refractivity contribution in [2.45, 2.75) is 43.7 Å². The number of anilines is 1. The molecule has 33 heavy (non-hydrogen) atoms. The first kappa shape index (κ1) is 24.3. The van der Waals surface area contributed by atoms with E-state index < -0.39 is 38.4 Å². The van der Waals surface area contributed by atoms with E-state index in [-0.39, 0.29) is 11.9 Å². The number of thiophene rings is 1. The molecule has 2 aromatic heterocycles. The van der Waals surface area contributed by atoms with Gasteiger partial charge in [0.15, 0.2) is 5.82 Å². The van der Waals surface area contributed by atoms with Crippen LogP contribution in [0.5, 0.6) is 0 Å². The van der Waals surface area contributed by atoms with Crippen LogP contribution >= 0.6 is 46.5 Å². The van der Waals surface area contributed by atoms with Crippen LogP contribution in [0.25, 0.3) is 10.2 Å². The standard InChI is InChI=1S/C19H24BrClN3O7PS/c20-17-11(15-14(26)13(25)10(31-15)6-30-7-32(27,28)29)12-16(33-17)18(23-19(21)22-12)24-4-8-2-1-3-9(8)5-24/h8-10,13-15,25-26H,1-7H2,(H2,27,28,29)/t8?,9?,10-,13-,14-,15+/m1/s1. The van der Waals surface area contributed by atoms with Gasteiger partial charge in [0.2, 0.25) is 5.28 Å². The second-order valence-electron chi connectivity index (χ2n) is 8.88. The summed E-state index contributed by atoms with van der Waals surface area (Å²) in [5.74, 6) is 2.10. The van der Waals surface area contributed by atoms with Gasteiger partial charge >= 0.3 is 7.60 Å². The highest BCUT2D eigenvalue weighted by atomic mass is 79.9. The van der Waals surface area contributed by atoms with Crippen LogP contribution in [-0.4, -0.2) is 74.3 Å². The van der Waals surface area contributed by atoms with Gasteiger partial charge in [-0.3, -0.25) is 4.57 Å². The van der Waals surface area contributed by atoms with E-state index in [2.05, 4.69) is 30.8 Å². The quantitative estimate of drug-likeness (QED) is 0.295. The maximum atomic E-state index is 11.0. The lowest BCUT2D eigenvalue weighted by Crippen LogP contribution is -2.33. The predicted molar refractivity (Wildman–Crippen MR) is 126 cm³/mol. The van der Waals surface area contributed by atoms with Gasteiger partial charge in [-0.1, -0.05) is 6.42 Å². The summed E-state index contributed by atoms with van der Waals surface area (Å²) in [4.78, 5) is 29.1. The zero-order chi connectivity index (χ0) is 23.5. The van der Waals surface area contributed by atoms with Gasteiger partial charge in [0.1, 0.15) is 30.8 Å². The van der Waals surface area contributed by atoms with Crippen LogP contribution in [0.15, 0.2) is 3.79 Å². The first-order valence-electron chi connectivity index (χ1n) is 10.7. The van der Waals surface area contributed by atoms with Crippen molar-refractivity contribution in [2.75, 3.05) is 30.9 Å². The van der Waals surface area contributed by atoms with Crippen LogP contribution in [0.4, 0.5) is 5.82 Å². The Labute approximate surface area is 207 Å². The number of aliphatic hydroxyl groups is 2. The molecular weight excluding hydrogens is 561 g/mol.